The summed E-state index contributed by atoms with van der Waals surface area (Å²) in [5.41, 5.74) is 0.483. The van der Waals surface area contributed by atoms with E-state index in [9.17, 15) is 26.4 Å². The summed E-state index contributed by atoms with van der Waals surface area (Å²) in [5, 5.41) is 0. The largest absolute Gasteiger partial charge is 0.573 e. The minimum atomic E-state index is -4.89. The van der Waals surface area contributed by atoms with Gasteiger partial charge in [-0.1, -0.05) is 12.1 Å². The number of esters is 1. The first-order chi connectivity index (χ1) is 14.5. The first-order valence-corrected chi connectivity index (χ1v) is 10.8. The zero-order valence-electron chi connectivity index (χ0n) is 16.8. The minimum Gasteiger partial charge on any atom is -0.494 e. The number of nitrogens with one attached hydrogen (secondary N) is 1. The van der Waals surface area contributed by atoms with Gasteiger partial charge in [0.05, 0.1) is 30.6 Å². The van der Waals surface area contributed by atoms with E-state index in [2.05, 4.69) is 9.46 Å². The number of benzene rings is 2. The van der Waals surface area contributed by atoms with Crippen molar-refractivity contribution in [1.82, 2.24) is 4.72 Å². The number of rotatable bonds is 10. The lowest BCUT2D eigenvalue weighted by Gasteiger charge is -2.19. The van der Waals surface area contributed by atoms with Crippen LogP contribution < -0.4 is 14.2 Å². The molecule has 0 aliphatic rings. The molecule has 0 aliphatic carbocycles. The zero-order chi connectivity index (χ0) is 23.1. The average molecular weight is 461 g/mol. The third-order valence-corrected chi connectivity index (χ3v) is 5.42. The molecule has 0 saturated carbocycles. The summed E-state index contributed by atoms with van der Waals surface area (Å²) in [6.45, 7) is 4.02. The first-order valence-electron chi connectivity index (χ1n) is 9.30. The molecule has 0 heterocycles. The molecular formula is C20H22F3NO6S. The van der Waals surface area contributed by atoms with E-state index in [0.717, 1.165) is 24.3 Å². The molecule has 0 amide bonds. The molecule has 0 aliphatic heterocycles. The van der Waals surface area contributed by atoms with Crippen LogP contribution >= 0.6 is 0 Å². The molecule has 2 aromatic carbocycles. The Hall–Kier alpha value is -2.79. The Kier molecular flexibility index (Phi) is 8.28. The van der Waals surface area contributed by atoms with Gasteiger partial charge in [0.15, 0.2) is 0 Å². The van der Waals surface area contributed by atoms with E-state index < -0.39 is 34.1 Å². The summed E-state index contributed by atoms with van der Waals surface area (Å²) in [7, 11) is -4.17. The number of sulfonamides is 1. The standard InChI is InChI=1S/C20H22F3NO6S/c1-3-28-15-7-5-14(6-8-15)18(13-19(25)29-4-2)24-31(26,27)17-11-9-16(10-12-17)30-20(21,22)23/h5-12,18,24H,3-4,13H2,1-2H3/t18-/m0/s1. The van der Waals surface area contributed by atoms with Gasteiger partial charge in [-0.3, -0.25) is 4.79 Å². The average Bonchev–Trinajstić information content (AvgIpc) is 2.67. The van der Waals surface area contributed by atoms with Gasteiger partial charge in [-0.2, -0.15) is 0 Å². The molecule has 2 aromatic rings. The van der Waals surface area contributed by atoms with Gasteiger partial charge in [-0.15, -0.1) is 13.2 Å². The van der Waals surface area contributed by atoms with Crippen molar-refractivity contribution in [3.8, 4) is 11.5 Å². The topological polar surface area (TPSA) is 90.9 Å². The van der Waals surface area contributed by atoms with Crippen molar-refractivity contribution >= 4 is 16.0 Å². The second-order valence-corrected chi connectivity index (χ2v) is 7.92. The third-order valence-electron chi connectivity index (χ3n) is 3.93. The van der Waals surface area contributed by atoms with Crippen LogP contribution in [0, 0.1) is 0 Å². The predicted octanol–water partition coefficient (Wildman–Crippen LogP) is 3.96. The maximum Gasteiger partial charge on any atom is 0.573 e. The molecule has 0 spiro atoms. The summed E-state index contributed by atoms with van der Waals surface area (Å²) in [4.78, 5) is 11.7. The second-order valence-electron chi connectivity index (χ2n) is 6.20. The van der Waals surface area contributed by atoms with Gasteiger partial charge in [0.25, 0.3) is 0 Å². The van der Waals surface area contributed by atoms with Crippen LogP contribution in [0.3, 0.4) is 0 Å². The summed E-state index contributed by atoms with van der Waals surface area (Å²) in [6, 6.07) is 9.24. The maximum absolute atomic E-state index is 12.8. The van der Waals surface area contributed by atoms with Crippen LogP contribution in [0.25, 0.3) is 0 Å². The van der Waals surface area contributed by atoms with Crippen LogP contribution in [0.15, 0.2) is 53.4 Å². The lowest BCUT2D eigenvalue weighted by molar-refractivity contribution is -0.274. The van der Waals surface area contributed by atoms with E-state index in [1.165, 1.54) is 0 Å². The fraction of sp³-hybridized carbons (Fsp3) is 0.350. The lowest BCUT2D eigenvalue weighted by atomic mass is 10.0. The fourth-order valence-electron chi connectivity index (χ4n) is 2.65. The van der Waals surface area contributed by atoms with Crippen LogP contribution in [0.2, 0.25) is 0 Å². The van der Waals surface area contributed by atoms with Crippen LogP contribution in [0.1, 0.15) is 31.9 Å². The van der Waals surface area contributed by atoms with E-state index in [4.69, 9.17) is 9.47 Å². The van der Waals surface area contributed by atoms with E-state index >= 15 is 0 Å². The van der Waals surface area contributed by atoms with Gasteiger partial charge in [0.1, 0.15) is 11.5 Å². The maximum atomic E-state index is 12.8. The molecule has 31 heavy (non-hydrogen) atoms. The molecule has 11 heteroatoms. The highest BCUT2D eigenvalue weighted by Gasteiger charge is 2.31. The fourth-order valence-corrected chi connectivity index (χ4v) is 3.88. The van der Waals surface area contributed by atoms with Gasteiger partial charge in [-0.25, -0.2) is 13.1 Å². The number of ether oxygens (including phenoxy) is 3. The molecule has 1 atom stereocenters. The number of halogens is 3. The van der Waals surface area contributed by atoms with Gasteiger partial charge < -0.3 is 14.2 Å². The van der Waals surface area contributed by atoms with Crippen molar-refractivity contribution in [3.05, 3.63) is 54.1 Å². The number of carbonyl (C=O) groups is 1. The Labute approximate surface area is 178 Å². The van der Waals surface area contributed by atoms with Crippen LogP contribution in [-0.4, -0.2) is 34.0 Å². The zero-order valence-corrected chi connectivity index (χ0v) is 17.6. The Balaban J connectivity index is 2.26. The monoisotopic (exact) mass is 461 g/mol. The molecule has 1 N–H and O–H groups in total. The summed E-state index contributed by atoms with van der Waals surface area (Å²) in [5.74, 6) is -0.594. The van der Waals surface area contributed by atoms with Gasteiger partial charge in [0, 0.05) is 0 Å². The van der Waals surface area contributed by atoms with E-state index in [-0.39, 0.29) is 17.9 Å². The van der Waals surface area contributed by atoms with Gasteiger partial charge in [0.2, 0.25) is 10.0 Å². The highest BCUT2D eigenvalue weighted by Crippen LogP contribution is 2.26. The first kappa shape index (κ1) is 24.5. The molecular weight excluding hydrogens is 439 g/mol. The predicted molar refractivity (Wildman–Crippen MR) is 105 cm³/mol. The molecule has 0 unspecified atom stereocenters. The van der Waals surface area contributed by atoms with E-state index in [0.29, 0.717) is 17.9 Å². The SMILES string of the molecule is CCOC(=O)C[C@H](NS(=O)(=O)c1ccc(OC(F)(F)F)cc1)c1ccc(OCC)cc1. The Bertz CT molecular complexity index is 960. The van der Waals surface area contributed by atoms with Crippen molar-refractivity contribution in [2.45, 2.75) is 37.6 Å². The highest BCUT2D eigenvalue weighted by atomic mass is 32.2. The van der Waals surface area contributed by atoms with Crippen molar-refractivity contribution < 1.29 is 40.6 Å². The van der Waals surface area contributed by atoms with Crippen LogP contribution in [0.5, 0.6) is 11.5 Å². The quantitative estimate of drug-likeness (QED) is 0.539. The number of carbonyl (C=O) groups excluding carboxylic acids is 1. The van der Waals surface area contributed by atoms with Crippen molar-refractivity contribution in [2.24, 2.45) is 0 Å². The molecule has 2 rings (SSSR count). The molecule has 170 valence electrons. The minimum absolute atomic E-state index is 0.127. The number of hydrogen-bond donors (Lipinski definition) is 1. The number of alkyl halides is 3. The molecule has 0 saturated heterocycles. The molecule has 0 fully saturated rings. The van der Waals surface area contributed by atoms with Gasteiger partial charge in [-0.05, 0) is 55.8 Å². The molecule has 0 radical (unpaired) electrons. The smallest absolute Gasteiger partial charge is 0.494 e. The summed E-state index contributed by atoms with van der Waals surface area (Å²) < 4.78 is 78.8. The van der Waals surface area contributed by atoms with E-state index in [1.54, 1.807) is 31.2 Å². The molecule has 0 aromatic heterocycles. The normalized spacial score (nSPS) is 12.8. The van der Waals surface area contributed by atoms with Crippen molar-refractivity contribution in [2.75, 3.05) is 13.2 Å². The number of hydrogen-bond acceptors (Lipinski definition) is 6. The van der Waals surface area contributed by atoms with Crippen molar-refractivity contribution in [1.29, 1.82) is 0 Å². The molecule has 0 bridgehead atoms. The summed E-state index contributed by atoms with van der Waals surface area (Å²) >= 11 is 0. The van der Waals surface area contributed by atoms with Crippen LogP contribution in [-0.2, 0) is 19.6 Å². The third kappa shape index (κ3) is 7.76. The van der Waals surface area contributed by atoms with Crippen LogP contribution in [0.4, 0.5) is 13.2 Å². The Morgan fingerprint density at radius 3 is 2.06 bits per heavy atom. The second kappa shape index (κ2) is 10.5. The lowest BCUT2D eigenvalue weighted by Crippen LogP contribution is -2.30. The van der Waals surface area contributed by atoms with Crippen molar-refractivity contribution in [3.63, 3.8) is 0 Å². The highest BCUT2D eigenvalue weighted by molar-refractivity contribution is 7.89. The Morgan fingerprint density at radius 1 is 0.968 bits per heavy atom. The Morgan fingerprint density at radius 2 is 1.55 bits per heavy atom. The van der Waals surface area contributed by atoms with Gasteiger partial charge >= 0.3 is 12.3 Å². The summed E-state index contributed by atoms with van der Waals surface area (Å²) in [6.07, 6.45) is -5.17. The van der Waals surface area contributed by atoms with E-state index in [1.807, 2.05) is 6.92 Å². The molecule has 7 nitrogen and oxygen atoms in total.